The molecule has 1 saturated carbocycles. The van der Waals surface area contributed by atoms with Crippen LogP contribution in [0.2, 0.25) is 0 Å². The Labute approximate surface area is 174 Å². The van der Waals surface area contributed by atoms with Gasteiger partial charge in [0, 0.05) is 0 Å². The SMILES string of the molecule is CC1(C)C(C=C(Cl)Cl)C1C(=O)OC(CF)c1cccc(Oc2ccccc2)c1. The Balaban J connectivity index is 1.71. The summed E-state index contributed by atoms with van der Waals surface area (Å²) in [7, 11) is 0. The van der Waals surface area contributed by atoms with Crippen molar-refractivity contribution in [3.8, 4) is 11.5 Å². The maximum Gasteiger partial charge on any atom is 0.310 e. The van der Waals surface area contributed by atoms with Crippen molar-refractivity contribution in [2.24, 2.45) is 17.3 Å². The zero-order chi connectivity index (χ0) is 20.3. The minimum Gasteiger partial charge on any atom is -0.457 e. The Bertz CT molecular complexity index is 863. The van der Waals surface area contributed by atoms with Gasteiger partial charge in [-0.25, -0.2) is 4.39 Å². The smallest absolute Gasteiger partial charge is 0.310 e. The van der Waals surface area contributed by atoms with Crippen LogP contribution in [0.25, 0.3) is 0 Å². The van der Waals surface area contributed by atoms with Gasteiger partial charge in [0.25, 0.3) is 0 Å². The highest BCUT2D eigenvalue weighted by Crippen LogP contribution is 2.60. The fourth-order valence-electron chi connectivity index (χ4n) is 3.38. The van der Waals surface area contributed by atoms with Crippen LogP contribution in [0.4, 0.5) is 4.39 Å². The molecule has 0 saturated heterocycles. The van der Waals surface area contributed by atoms with E-state index in [1.54, 1.807) is 30.3 Å². The Kier molecular flexibility index (Phi) is 6.31. The van der Waals surface area contributed by atoms with Crippen LogP contribution in [0.5, 0.6) is 11.5 Å². The quantitative estimate of drug-likeness (QED) is 0.470. The fourth-order valence-corrected chi connectivity index (χ4v) is 3.65. The standard InChI is InChI=1S/C22H21Cl2FO3/c1-22(2)17(12-19(23)24)20(22)21(26)28-18(13-25)14-7-6-10-16(11-14)27-15-8-4-3-5-9-15/h3-12,17-18,20H,13H2,1-2H3. The molecule has 6 heteroatoms. The molecule has 3 nitrogen and oxygen atoms in total. The summed E-state index contributed by atoms with van der Waals surface area (Å²) in [5, 5.41) is 0. The lowest BCUT2D eigenvalue weighted by molar-refractivity contribution is -0.153. The van der Waals surface area contributed by atoms with Crippen molar-refractivity contribution in [1.82, 2.24) is 0 Å². The molecule has 28 heavy (non-hydrogen) atoms. The summed E-state index contributed by atoms with van der Waals surface area (Å²) in [5.41, 5.74) is 0.204. The third-order valence-electron chi connectivity index (χ3n) is 5.08. The molecule has 3 rings (SSSR count). The molecule has 1 fully saturated rings. The summed E-state index contributed by atoms with van der Waals surface area (Å²) in [6, 6.07) is 16.2. The van der Waals surface area contributed by atoms with Crippen LogP contribution in [-0.4, -0.2) is 12.6 Å². The predicted octanol–water partition coefficient (Wildman–Crippen LogP) is 6.62. The van der Waals surface area contributed by atoms with Gasteiger partial charge in [-0.05, 0) is 47.2 Å². The summed E-state index contributed by atoms with van der Waals surface area (Å²) in [6.45, 7) is 3.02. The lowest BCUT2D eigenvalue weighted by atomic mass is 10.1. The third kappa shape index (κ3) is 4.68. The number of hydrogen-bond acceptors (Lipinski definition) is 3. The van der Waals surface area contributed by atoms with Crippen LogP contribution in [0, 0.1) is 17.3 Å². The van der Waals surface area contributed by atoms with Crippen molar-refractivity contribution in [3.63, 3.8) is 0 Å². The zero-order valence-electron chi connectivity index (χ0n) is 15.6. The molecule has 0 N–H and O–H groups in total. The fraction of sp³-hybridized carbons (Fsp3) is 0.318. The van der Waals surface area contributed by atoms with E-state index in [1.165, 1.54) is 0 Å². The Hall–Kier alpha value is -2.04. The van der Waals surface area contributed by atoms with Gasteiger partial charge in [-0.15, -0.1) is 0 Å². The second kappa shape index (κ2) is 8.54. The third-order valence-corrected chi connectivity index (χ3v) is 5.33. The van der Waals surface area contributed by atoms with Crippen molar-refractivity contribution in [2.75, 3.05) is 6.67 Å². The molecule has 0 heterocycles. The normalized spacial score (nSPS) is 20.8. The Morgan fingerprint density at radius 1 is 1.14 bits per heavy atom. The number of benzene rings is 2. The molecule has 1 aliphatic carbocycles. The minimum absolute atomic E-state index is 0.112. The van der Waals surface area contributed by atoms with E-state index in [0.717, 1.165) is 0 Å². The highest BCUT2D eigenvalue weighted by Gasteiger charge is 2.61. The number of esters is 1. The molecule has 3 unspecified atom stereocenters. The van der Waals surface area contributed by atoms with Crippen LogP contribution in [0.15, 0.2) is 65.2 Å². The molecule has 0 aliphatic heterocycles. The molecule has 0 aromatic heterocycles. The predicted molar refractivity (Wildman–Crippen MR) is 108 cm³/mol. The van der Waals surface area contributed by atoms with E-state index in [2.05, 4.69) is 0 Å². The molecule has 1 aliphatic rings. The van der Waals surface area contributed by atoms with E-state index in [9.17, 15) is 9.18 Å². The van der Waals surface area contributed by atoms with Crippen molar-refractivity contribution in [3.05, 3.63) is 70.7 Å². The van der Waals surface area contributed by atoms with Crippen molar-refractivity contribution in [1.29, 1.82) is 0 Å². The number of para-hydroxylation sites is 1. The van der Waals surface area contributed by atoms with E-state index in [4.69, 9.17) is 32.7 Å². The van der Waals surface area contributed by atoms with Gasteiger partial charge in [0.2, 0.25) is 0 Å². The molecule has 148 valence electrons. The molecule has 3 atom stereocenters. The lowest BCUT2D eigenvalue weighted by Gasteiger charge is -2.17. The van der Waals surface area contributed by atoms with Gasteiger partial charge in [0.05, 0.1) is 5.92 Å². The van der Waals surface area contributed by atoms with E-state index in [0.29, 0.717) is 17.1 Å². The van der Waals surface area contributed by atoms with E-state index in [-0.39, 0.29) is 15.8 Å². The first-order valence-electron chi connectivity index (χ1n) is 8.95. The first kappa shape index (κ1) is 20.7. The topological polar surface area (TPSA) is 35.5 Å². The number of rotatable bonds is 7. The van der Waals surface area contributed by atoms with Gasteiger partial charge in [-0.2, -0.15) is 0 Å². The number of carbonyl (C=O) groups is 1. The highest BCUT2D eigenvalue weighted by atomic mass is 35.5. The monoisotopic (exact) mass is 422 g/mol. The number of ether oxygens (including phenoxy) is 2. The first-order valence-corrected chi connectivity index (χ1v) is 9.70. The number of allylic oxidation sites excluding steroid dienone is 1. The van der Waals surface area contributed by atoms with Crippen LogP contribution in [0.1, 0.15) is 25.5 Å². The molecule has 0 amide bonds. The molecule has 2 aromatic carbocycles. The summed E-state index contributed by atoms with van der Waals surface area (Å²) in [5.74, 6) is 0.217. The summed E-state index contributed by atoms with van der Waals surface area (Å²) in [6.07, 6.45) is 0.632. The highest BCUT2D eigenvalue weighted by molar-refractivity contribution is 6.55. The summed E-state index contributed by atoms with van der Waals surface area (Å²) >= 11 is 11.4. The Morgan fingerprint density at radius 3 is 2.46 bits per heavy atom. The number of carbonyl (C=O) groups excluding carboxylic acids is 1. The van der Waals surface area contributed by atoms with Gasteiger partial charge in [-0.1, -0.05) is 67.4 Å². The molecule has 0 radical (unpaired) electrons. The van der Waals surface area contributed by atoms with E-state index in [1.807, 2.05) is 44.2 Å². The first-order chi connectivity index (χ1) is 13.3. The molecule has 0 spiro atoms. The van der Waals surface area contributed by atoms with Gasteiger partial charge in [0.15, 0.2) is 6.10 Å². The molecule has 0 bridgehead atoms. The van der Waals surface area contributed by atoms with Crippen LogP contribution in [0.3, 0.4) is 0 Å². The van der Waals surface area contributed by atoms with Crippen LogP contribution >= 0.6 is 23.2 Å². The maximum absolute atomic E-state index is 13.7. The lowest BCUT2D eigenvalue weighted by Crippen LogP contribution is -2.16. The number of hydrogen-bond donors (Lipinski definition) is 0. The molecular weight excluding hydrogens is 402 g/mol. The van der Waals surface area contributed by atoms with Gasteiger partial charge in [-0.3, -0.25) is 4.79 Å². The van der Waals surface area contributed by atoms with Crippen molar-refractivity contribution >= 4 is 29.2 Å². The number of alkyl halides is 1. The van der Waals surface area contributed by atoms with E-state index < -0.39 is 24.7 Å². The van der Waals surface area contributed by atoms with Gasteiger partial charge < -0.3 is 9.47 Å². The van der Waals surface area contributed by atoms with Crippen molar-refractivity contribution < 1.29 is 18.7 Å². The molecule has 2 aromatic rings. The van der Waals surface area contributed by atoms with Crippen LogP contribution in [-0.2, 0) is 9.53 Å². The van der Waals surface area contributed by atoms with E-state index >= 15 is 0 Å². The summed E-state index contributed by atoms with van der Waals surface area (Å²) in [4.78, 5) is 12.6. The number of halogens is 3. The minimum atomic E-state index is -1.00. The molecular formula is C22H21Cl2FO3. The van der Waals surface area contributed by atoms with Gasteiger partial charge >= 0.3 is 5.97 Å². The van der Waals surface area contributed by atoms with Crippen LogP contribution < -0.4 is 4.74 Å². The average molecular weight is 423 g/mol. The second-order valence-electron chi connectivity index (χ2n) is 7.35. The average Bonchev–Trinajstić information content (AvgIpc) is 3.20. The second-order valence-corrected chi connectivity index (χ2v) is 8.36. The van der Waals surface area contributed by atoms with Gasteiger partial charge in [0.1, 0.15) is 22.7 Å². The van der Waals surface area contributed by atoms with Crippen molar-refractivity contribution in [2.45, 2.75) is 20.0 Å². The largest absolute Gasteiger partial charge is 0.457 e. The maximum atomic E-state index is 13.7. The Morgan fingerprint density at radius 2 is 1.82 bits per heavy atom. The summed E-state index contributed by atoms with van der Waals surface area (Å²) < 4.78 is 25.0. The zero-order valence-corrected chi connectivity index (χ0v) is 17.1.